The molecule has 0 saturated heterocycles. The maximum absolute atomic E-state index is 12.5. The van der Waals surface area contributed by atoms with Crippen LogP contribution in [0.5, 0.6) is 0 Å². The fourth-order valence-electron chi connectivity index (χ4n) is 3.97. The molecule has 0 aromatic heterocycles. The van der Waals surface area contributed by atoms with Gasteiger partial charge in [-0.3, -0.25) is 0 Å². The molecule has 0 radical (unpaired) electrons. The lowest BCUT2D eigenvalue weighted by atomic mass is 9.81. The van der Waals surface area contributed by atoms with E-state index in [1.165, 1.54) is 37.7 Å². The minimum atomic E-state index is -0.109. The first-order chi connectivity index (χ1) is 11.8. The number of amides is 2. The molecule has 2 amide bonds. The summed E-state index contributed by atoms with van der Waals surface area (Å²) >= 11 is 0. The fourth-order valence-corrected chi connectivity index (χ4v) is 3.97. The fraction of sp³-hybridized carbons (Fsp3) is 0.550. The van der Waals surface area contributed by atoms with Crippen molar-refractivity contribution in [3.63, 3.8) is 0 Å². The van der Waals surface area contributed by atoms with Crippen molar-refractivity contribution in [2.45, 2.75) is 50.6 Å². The lowest BCUT2D eigenvalue weighted by molar-refractivity contribution is 0.216. The van der Waals surface area contributed by atoms with E-state index >= 15 is 0 Å². The van der Waals surface area contributed by atoms with Crippen molar-refractivity contribution in [3.8, 4) is 0 Å². The molecule has 3 N–H and O–H groups in total. The highest BCUT2D eigenvalue weighted by Gasteiger charge is 2.27. The summed E-state index contributed by atoms with van der Waals surface area (Å²) in [5.41, 5.74) is 1.19. The van der Waals surface area contributed by atoms with Crippen LogP contribution in [0.1, 0.15) is 50.1 Å². The zero-order valence-corrected chi connectivity index (χ0v) is 14.2. The van der Waals surface area contributed by atoms with E-state index in [1.54, 1.807) is 0 Å². The van der Waals surface area contributed by atoms with E-state index in [-0.39, 0.29) is 30.6 Å². The molecule has 3 rings (SSSR count). The van der Waals surface area contributed by atoms with E-state index in [4.69, 9.17) is 0 Å². The Hall–Kier alpha value is -1.81. The number of carbonyl (C=O) groups is 1. The molecular formula is C20H28N2O2. The second-order valence-corrected chi connectivity index (χ2v) is 7.07. The van der Waals surface area contributed by atoms with Gasteiger partial charge in [-0.25, -0.2) is 4.79 Å². The first kappa shape index (κ1) is 17.0. The van der Waals surface area contributed by atoms with Crippen molar-refractivity contribution in [3.05, 3.63) is 48.0 Å². The van der Waals surface area contributed by atoms with Gasteiger partial charge in [0.15, 0.2) is 0 Å². The van der Waals surface area contributed by atoms with Gasteiger partial charge in [0, 0.05) is 18.6 Å². The molecule has 3 atom stereocenters. The maximum atomic E-state index is 12.5. The van der Waals surface area contributed by atoms with Crippen LogP contribution in [-0.4, -0.2) is 23.8 Å². The normalized spacial score (nSPS) is 25.4. The van der Waals surface area contributed by atoms with Crippen LogP contribution in [-0.2, 0) is 0 Å². The highest BCUT2D eigenvalue weighted by atomic mass is 16.3. The van der Waals surface area contributed by atoms with Crippen LogP contribution in [0.3, 0.4) is 0 Å². The van der Waals surface area contributed by atoms with Gasteiger partial charge >= 0.3 is 6.03 Å². The summed E-state index contributed by atoms with van der Waals surface area (Å²) in [7, 11) is 0. The van der Waals surface area contributed by atoms with Gasteiger partial charge in [0.1, 0.15) is 0 Å². The predicted octanol–water partition coefficient (Wildman–Crippen LogP) is 3.54. The van der Waals surface area contributed by atoms with Crippen LogP contribution in [0.15, 0.2) is 42.5 Å². The van der Waals surface area contributed by atoms with Gasteiger partial charge in [-0.15, -0.1) is 0 Å². The minimum absolute atomic E-state index is 0.0185. The Balaban J connectivity index is 1.63. The zero-order chi connectivity index (χ0) is 16.8. The van der Waals surface area contributed by atoms with E-state index in [9.17, 15) is 9.90 Å². The van der Waals surface area contributed by atoms with Gasteiger partial charge in [-0.1, -0.05) is 61.7 Å². The average Bonchev–Trinajstić information content (AvgIpc) is 3.08. The van der Waals surface area contributed by atoms with Crippen LogP contribution in [0.2, 0.25) is 0 Å². The van der Waals surface area contributed by atoms with Gasteiger partial charge in [-0.2, -0.15) is 0 Å². The lowest BCUT2D eigenvalue weighted by Gasteiger charge is -2.31. The number of hydrogen-bond donors (Lipinski definition) is 3. The van der Waals surface area contributed by atoms with Crippen LogP contribution < -0.4 is 10.6 Å². The van der Waals surface area contributed by atoms with Crippen molar-refractivity contribution in [1.29, 1.82) is 0 Å². The molecule has 1 saturated carbocycles. The SMILES string of the molecule is O=C(NC(c1ccccc1)C1CCCCC1)N[C@@H]1C=C[C@H](CO)C1. The second-order valence-electron chi connectivity index (χ2n) is 7.07. The quantitative estimate of drug-likeness (QED) is 0.724. The molecule has 130 valence electrons. The maximum Gasteiger partial charge on any atom is 0.315 e. The van der Waals surface area contributed by atoms with Crippen molar-refractivity contribution in [2.75, 3.05) is 6.61 Å². The summed E-state index contributed by atoms with van der Waals surface area (Å²) in [5, 5.41) is 15.5. The number of aliphatic hydroxyl groups excluding tert-OH is 1. The molecule has 1 aromatic rings. The van der Waals surface area contributed by atoms with Gasteiger partial charge < -0.3 is 15.7 Å². The van der Waals surface area contributed by atoms with Gasteiger partial charge in [-0.05, 0) is 30.7 Å². The molecule has 2 aliphatic rings. The lowest BCUT2D eigenvalue weighted by Crippen LogP contribution is -2.44. The Kier molecular flexibility index (Phi) is 5.91. The number of carbonyl (C=O) groups excluding carboxylic acids is 1. The Morgan fingerprint density at radius 2 is 1.88 bits per heavy atom. The third-order valence-corrected chi connectivity index (χ3v) is 5.29. The Bertz CT molecular complexity index is 552. The van der Waals surface area contributed by atoms with E-state index in [0.29, 0.717) is 5.92 Å². The average molecular weight is 328 g/mol. The van der Waals surface area contributed by atoms with E-state index in [0.717, 1.165) is 6.42 Å². The van der Waals surface area contributed by atoms with Crippen molar-refractivity contribution < 1.29 is 9.90 Å². The highest BCUT2D eigenvalue weighted by Crippen LogP contribution is 2.34. The molecule has 24 heavy (non-hydrogen) atoms. The van der Waals surface area contributed by atoms with Gasteiger partial charge in [0.2, 0.25) is 0 Å². The summed E-state index contributed by atoms with van der Waals surface area (Å²) in [5.74, 6) is 0.676. The summed E-state index contributed by atoms with van der Waals surface area (Å²) in [4.78, 5) is 12.5. The zero-order valence-electron chi connectivity index (χ0n) is 14.2. The molecule has 4 nitrogen and oxygen atoms in total. The molecule has 0 bridgehead atoms. The number of rotatable bonds is 5. The van der Waals surface area contributed by atoms with E-state index in [1.807, 2.05) is 30.4 Å². The molecule has 4 heteroatoms. The third kappa shape index (κ3) is 4.38. The third-order valence-electron chi connectivity index (χ3n) is 5.29. The first-order valence-electron chi connectivity index (χ1n) is 9.17. The van der Waals surface area contributed by atoms with Crippen LogP contribution in [0, 0.1) is 11.8 Å². The second kappa shape index (κ2) is 8.34. The summed E-state index contributed by atoms with van der Waals surface area (Å²) < 4.78 is 0. The minimum Gasteiger partial charge on any atom is -0.396 e. The number of nitrogens with one attached hydrogen (secondary N) is 2. The molecule has 1 aromatic carbocycles. The summed E-state index contributed by atoms with van der Waals surface area (Å²) in [6, 6.07) is 10.3. The summed E-state index contributed by atoms with van der Waals surface area (Å²) in [6.45, 7) is 0.144. The van der Waals surface area contributed by atoms with Crippen molar-refractivity contribution >= 4 is 6.03 Å². The molecule has 2 aliphatic carbocycles. The smallest absolute Gasteiger partial charge is 0.315 e. The number of benzene rings is 1. The highest BCUT2D eigenvalue weighted by molar-refractivity contribution is 5.75. The Labute approximate surface area is 144 Å². The van der Waals surface area contributed by atoms with Crippen molar-refractivity contribution in [1.82, 2.24) is 10.6 Å². The largest absolute Gasteiger partial charge is 0.396 e. The predicted molar refractivity (Wildman–Crippen MR) is 95.5 cm³/mol. The van der Waals surface area contributed by atoms with Crippen LogP contribution in [0.25, 0.3) is 0 Å². The number of urea groups is 1. The molecule has 0 aliphatic heterocycles. The van der Waals surface area contributed by atoms with Gasteiger partial charge in [0.05, 0.1) is 6.04 Å². The standard InChI is InChI=1S/C20H28N2O2/c23-14-15-11-12-18(13-15)21-20(24)22-19(16-7-3-1-4-8-16)17-9-5-2-6-10-17/h1,3-4,7-8,11-12,15,17-19,23H,2,5-6,9-10,13-14H2,(H2,21,22,24)/t15-,18+,19?/m0/s1. The number of hydrogen-bond acceptors (Lipinski definition) is 2. The van der Waals surface area contributed by atoms with Gasteiger partial charge in [0.25, 0.3) is 0 Å². The van der Waals surface area contributed by atoms with Crippen LogP contribution in [0.4, 0.5) is 4.79 Å². The number of aliphatic hydroxyl groups is 1. The molecule has 1 unspecified atom stereocenters. The topological polar surface area (TPSA) is 61.4 Å². The van der Waals surface area contributed by atoms with E-state index < -0.39 is 0 Å². The molecular weight excluding hydrogens is 300 g/mol. The first-order valence-corrected chi connectivity index (χ1v) is 9.17. The Morgan fingerprint density at radius 3 is 2.54 bits per heavy atom. The molecule has 1 fully saturated rings. The summed E-state index contributed by atoms with van der Waals surface area (Å²) in [6.07, 6.45) is 10.9. The Morgan fingerprint density at radius 1 is 1.12 bits per heavy atom. The monoisotopic (exact) mass is 328 g/mol. The molecule has 0 spiro atoms. The molecule has 0 heterocycles. The van der Waals surface area contributed by atoms with Crippen LogP contribution >= 0.6 is 0 Å². The van der Waals surface area contributed by atoms with Crippen molar-refractivity contribution in [2.24, 2.45) is 11.8 Å². The van der Waals surface area contributed by atoms with E-state index in [2.05, 4.69) is 22.8 Å².